The lowest BCUT2D eigenvalue weighted by molar-refractivity contribution is -0.321. The highest BCUT2D eigenvalue weighted by molar-refractivity contribution is 5.94. The molecule has 3 rings (SSSR count). The molecular formula is C22H32F3N3O7. The lowest BCUT2D eigenvalue weighted by Gasteiger charge is -2.29. The van der Waals surface area contributed by atoms with E-state index in [1.54, 1.807) is 0 Å². The number of alkyl halides is 3. The van der Waals surface area contributed by atoms with Crippen molar-refractivity contribution in [3.63, 3.8) is 0 Å². The molecule has 3 saturated heterocycles. The highest BCUT2D eigenvalue weighted by atomic mass is 19.4. The van der Waals surface area contributed by atoms with Gasteiger partial charge in [0.1, 0.15) is 18.8 Å². The van der Waals surface area contributed by atoms with E-state index in [-0.39, 0.29) is 24.7 Å². The van der Waals surface area contributed by atoms with Crippen molar-refractivity contribution < 1.29 is 46.6 Å². The van der Waals surface area contributed by atoms with Crippen LogP contribution in [0.25, 0.3) is 0 Å². The van der Waals surface area contributed by atoms with Crippen LogP contribution in [0.1, 0.15) is 44.9 Å². The summed E-state index contributed by atoms with van der Waals surface area (Å²) >= 11 is 0. The fraction of sp³-hybridized carbons (Fsp3) is 0.818. The number of hydrogen-bond acceptors (Lipinski definition) is 7. The zero-order chi connectivity index (χ0) is 25.4. The number of nitrogens with one attached hydrogen (secondary N) is 3. The summed E-state index contributed by atoms with van der Waals surface area (Å²) in [5.41, 5.74) is 0. The standard InChI is InChI=1S/C22H32F3N3O7/c23-22(24,25)35-12-17(29)15(11-14-3-6-26-19(14)30)27-20(31)16(10-13-4-8-33-9-5-13)28-21(32)18-2-1-7-34-18/h13-16,18H,1-12H2,(H,26,30)(H,27,31)(H,28,32)/t14-,15?,16?,18?/m0/s1. The Labute approximate surface area is 201 Å². The average molecular weight is 508 g/mol. The molecule has 0 saturated carbocycles. The van der Waals surface area contributed by atoms with Gasteiger partial charge in [-0.1, -0.05) is 0 Å². The van der Waals surface area contributed by atoms with E-state index < -0.39 is 54.7 Å². The maximum atomic E-state index is 13.2. The van der Waals surface area contributed by atoms with Gasteiger partial charge in [0, 0.05) is 32.3 Å². The van der Waals surface area contributed by atoms with E-state index in [9.17, 15) is 32.3 Å². The molecule has 0 aromatic rings. The Balaban J connectivity index is 1.70. The molecule has 4 atom stereocenters. The van der Waals surface area contributed by atoms with Crippen molar-refractivity contribution in [3.8, 4) is 0 Å². The second-order valence-electron chi connectivity index (χ2n) is 9.13. The lowest BCUT2D eigenvalue weighted by Crippen LogP contribution is -2.55. The first kappa shape index (κ1) is 27.3. The van der Waals surface area contributed by atoms with E-state index in [2.05, 4.69) is 20.7 Å². The van der Waals surface area contributed by atoms with Crippen LogP contribution in [0.3, 0.4) is 0 Å². The van der Waals surface area contributed by atoms with Gasteiger partial charge in [-0.3, -0.25) is 23.9 Å². The SMILES string of the molecule is O=C(COC(F)(F)F)C(C[C@@H]1CCNC1=O)NC(=O)C(CC1CCOCC1)NC(=O)C1CCCO1. The third-order valence-corrected chi connectivity index (χ3v) is 6.53. The number of hydrogen-bond donors (Lipinski definition) is 3. The first-order chi connectivity index (χ1) is 16.6. The number of carbonyl (C=O) groups is 4. The Morgan fingerprint density at radius 3 is 2.37 bits per heavy atom. The maximum absolute atomic E-state index is 13.2. The number of ether oxygens (including phenoxy) is 3. The first-order valence-corrected chi connectivity index (χ1v) is 11.9. The molecule has 3 N–H and O–H groups in total. The van der Waals surface area contributed by atoms with Crippen molar-refractivity contribution in [2.45, 2.75) is 69.5 Å². The molecule has 3 amide bonds. The van der Waals surface area contributed by atoms with Crippen molar-refractivity contribution in [1.29, 1.82) is 0 Å². The largest absolute Gasteiger partial charge is 0.522 e. The normalized spacial score (nSPS) is 25.1. The molecule has 3 unspecified atom stereocenters. The summed E-state index contributed by atoms with van der Waals surface area (Å²) in [4.78, 5) is 50.4. The van der Waals surface area contributed by atoms with Crippen molar-refractivity contribution >= 4 is 23.5 Å². The number of Topliss-reactive ketones (excluding diaryl/α,β-unsaturated/α-hetero) is 1. The van der Waals surface area contributed by atoms with Gasteiger partial charge < -0.3 is 25.4 Å². The molecule has 0 spiro atoms. The smallest absolute Gasteiger partial charge is 0.381 e. The van der Waals surface area contributed by atoms with E-state index in [4.69, 9.17) is 9.47 Å². The van der Waals surface area contributed by atoms with Gasteiger partial charge >= 0.3 is 6.36 Å². The lowest BCUT2D eigenvalue weighted by atomic mass is 9.91. The van der Waals surface area contributed by atoms with Gasteiger partial charge in [0.25, 0.3) is 0 Å². The van der Waals surface area contributed by atoms with Crippen molar-refractivity contribution in [1.82, 2.24) is 16.0 Å². The molecule has 0 aromatic heterocycles. The van der Waals surface area contributed by atoms with Crippen LogP contribution in [0.5, 0.6) is 0 Å². The zero-order valence-electron chi connectivity index (χ0n) is 19.4. The van der Waals surface area contributed by atoms with Crippen LogP contribution in [0.4, 0.5) is 13.2 Å². The molecule has 0 aromatic carbocycles. The predicted octanol–water partition coefficient (Wildman–Crippen LogP) is 0.583. The molecular weight excluding hydrogens is 475 g/mol. The second kappa shape index (κ2) is 12.6. The monoisotopic (exact) mass is 507 g/mol. The van der Waals surface area contributed by atoms with E-state index >= 15 is 0 Å². The van der Waals surface area contributed by atoms with Gasteiger partial charge in [0.15, 0.2) is 5.78 Å². The highest BCUT2D eigenvalue weighted by Crippen LogP contribution is 2.23. The molecule has 0 aliphatic carbocycles. The van der Waals surface area contributed by atoms with Crippen LogP contribution in [0.2, 0.25) is 0 Å². The van der Waals surface area contributed by atoms with Gasteiger partial charge in [-0.2, -0.15) is 0 Å². The van der Waals surface area contributed by atoms with E-state index in [1.165, 1.54) is 0 Å². The van der Waals surface area contributed by atoms with Crippen LogP contribution < -0.4 is 16.0 Å². The topological polar surface area (TPSA) is 132 Å². The van der Waals surface area contributed by atoms with Gasteiger partial charge in [0.2, 0.25) is 17.7 Å². The number of ketones is 1. The summed E-state index contributed by atoms with van der Waals surface area (Å²) in [6.45, 7) is 0.557. The minimum Gasteiger partial charge on any atom is -0.381 e. The summed E-state index contributed by atoms with van der Waals surface area (Å²) < 4.78 is 51.9. The predicted molar refractivity (Wildman–Crippen MR) is 114 cm³/mol. The van der Waals surface area contributed by atoms with Gasteiger partial charge in [-0.25, -0.2) is 0 Å². The summed E-state index contributed by atoms with van der Waals surface area (Å²) in [5, 5.41) is 7.77. The fourth-order valence-corrected chi connectivity index (χ4v) is 4.55. The van der Waals surface area contributed by atoms with Crippen LogP contribution >= 0.6 is 0 Å². The van der Waals surface area contributed by atoms with Crippen molar-refractivity contribution in [2.24, 2.45) is 11.8 Å². The van der Waals surface area contributed by atoms with Crippen molar-refractivity contribution in [2.75, 3.05) is 33.0 Å². The zero-order valence-corrected chi connectivity index (χ0v) is 19.4. The Morgan fingerprint density at radius 2 is 1.77 bits per heavy atom. The Hall–Kier alpha value is -2.25. The summed E-state index contributed by atoms with van der Waals surface area (Å²) in [6.07, 6.45) is -2.60. The average Bonchev–Trinajstić information content (AvgIpc) is 3.49. The number of amides is 3. The first-order valence-electron chi connectivity index (χ1n) is 11.9. The Morgan fingerprint density at radius 1 is 1.03 bits per heavy atom. The molecule has 0 bridgehead atoms. The van der Waals surface area contributed by atoms with Crippen LogP contribution in [-0.2, 0) is 33.4 Å². The third-order valence-electron chi connectivity index (χ3n) is 6.53. The molecule has 10 nitrogen and oxygen atoms in total. The molecule has 3 aliphatic heterocycles. The third kappa shape index (κ3) is 8.73. The van der Waals surface area contributed by atoms with E-state index in [0.717, 1.165) is 0 Å². The molecule has 3 fully saturated rings. The number of halogens is 3. The van der Waals surface area contributed by atoms with Crippen LogP contribution in [-0.4, -0.2) is 81.0 Å². The molecule has 3 heterocycles. The summed E-state index contributed by atoms with van der Waals surface area (Å²) in [6, 6.07) is -2.40. The molecule has 13 heteroatoms. The Bertz CT molecular complexity index is 768. The molecule has 3 aliphatic rings. The van der Waals surface area contributed by atoms with Gasteiger partial charge in [0.05, 0.1) is 6.04 Å². The van der Waals surface area contributed by atoms with Crippen LogP contribution in [0.15, 0.2) is 0 Å². The maximum Gasteiger partial charge on any atom is 0.522 e. The Kier molecular flexibility index (Phi) is 9.87. The fourth-order valence-electron chi connectivity index (χ4n) is 4.55. The van der Waals surface area contributed by atoms with Crippen molar-refractivity contribution in [3.05, 3.63) is 0 Å². The minimum absolute atomic E-state index is 0.0765. The highest BCUT2D eigenvalue weighted by Gasteiger charge is 2.37. The van der Waals surface area contributed by atoms with E-state index in [0.29, 0.717) is 58.5 Å². The quantitative estimate of drug-likeness (QED) is 0.373. The second-order valence-corrected chi connectivity index (χ2v) is 9.13. The molecule has 35 heavy (non-hydrogen) atoms. The van der Waals surface area contributed by atoms with Crippen LogP contribution in [0, 0.1) is 11.8 Å². The van der Waals surface area contributed by atoms with E-state index in [1.807, 2.05) is 0 Å². The minimum atomic E-state index is -5.02. The van der Waals surface area contributed by atoms with Gasteiger partial charge in [-0.15, -0.1) is 13.2 Å². The molecule has 0 radical (unpaired) electrons. The summed E-state index contributed by atoms with van der Waals surface area (Å²) in [7, 11) is 0. The summed E-state index contributed by atoms with van der Waals surface area (Å²) in [5.74, 6) is -3.05. The number of rotatable bonds is 11. The number of carbonyl (C=O) groups excluding carboxylic acids is 4. The molecule has 198 valence electrons. The van der Waals surface area contributed by atoms with Gasteiger partial charge in [-0.05, 0) is 50.9 Å².